The van der Waals surface area contributed by atoms with Gasteiger partial charge in [0, 0.05) is 0 Å². The lowest BCUT2D eigenvalue weighted by Crippen LogP contribution is -2.40. The van der Waals surface area contributed by atoms with Crippen molar-refractivity contribution < 1.29 is 18.3 Å². The standard InChI is InChI=1S/C14H17N3O6S/c1-2-3-4-11(13(19)20)17-24(22,23)8-5-6-10-9(7-8)12(18)16-14(21)15-10/h5-7,11,17H,2-4H2,1H3,(H,19,20)(H2,15,16,18,21). The van der Waals surface area contributed by atoms with Crippen molar-refractivity contribution in [3.63, 3.8) is 0 Å². The van der Waals surface area contributed by atoms with E-state index in [9.17, 15) is 22.8 Å². The first-order chi connectivity index (χ1) is 11.2. The summed E-state index contributed by atoms with van der Waals surface area (Å²) < 4.78 is 26.9. The minimum Gasteiger partial charge on any atom is -0.480 e. The van der Waals surface area contributed by atoms with E-state index in [-0.39, 0.29) is 22.2 Å². The van der Waals surface area contributed by atoms with Crippen LogP contribution in [0.4, 0.5) is 0 Å². The van der Waals surface area contributed by atoms with Crippen LogP contribution in [-0.4, -0.2) is 35.5 Å². The predicted octanol–water partition coefficient (Wildman–Crippen LogP) is 0.138. The second kappa shape index (κ2) is 6.97. The van der Waals surface area contributed by atoms with Gasteiger partial charge in [0.1, 0.15) is 6.04 Å². The van der Waals surface area contributed by atoms with E-state index in [2.05, 4.69) is 9.71 Å². The summed E-state index contributed by atoms with van der Waals surface area (Å²) in [5, 5.41) is 9.12. The molecule has 0 spiro atoms. The molecule has 1 aromatic heterocycles. The number of hydrogen-bond acceptors (Lipinski definition) is 5. The summed E-state index contributed by atoms with van der Waals surface area (Å²) in [5.41, 5.74) is -1.25. The zero-order valence-corrected chi connectivity index (χ0v) is 13.6. The van der Waals surface area contributed by atoms with Crippen LogP contribution in [0.15, 0.2) is 32.7 Å². The molecule has 0 amide bonds. The van der Waals surface area contributed by atoms with E-state index in [1.54, 1.807) is 0 Å². The highest BCUT2D eigenvalue weighted by Gasteiger charge is 2.25. The van der Waals surface area contributed by atoms with Crippen molar-refractivity contribution in [1.82, 2.24) is 14.7 Å². The highest BCUT2D eigenvalue weighted by molar-refractivity contribution is 7.89. The van der Waals surface area contributed by atoms with E-state index < -0.39 is 33.3 Å². The van der Waals surface area contributed by atoms with Gasteiger partial charge in [-0.15, -0.1) is 0 Å². The third kappa shape index (κ3) is 3.89. The van der Waals surface area contributed by atoms with Crippen molar-refractivity contribution in [1.29, 1.82) is 0 Å². The van der Waals surface area contributed by atoms with Crippen molar-refractivity contribution >= 4 is 26.9 Å². The van der Waals surface area contributed by atoms with Crippen molar-refractivity contribution in [3.05, 3.63) is 39.0 Å². The number of sulfonamides is 1. The number of unbranched alkanes of at least 4 members (excludes halogenated alkanes) is 1. The number of rotatable bonds is 7. The Balaban J connectivity index is 2.41. The number of hydrogen-bond donors (Lipinski definition) is 4. The smallest absolute Gasteiger partial charge is 0.326 e. The molecular formula is C14H17N3O6S. The van der Waals surface area contributed by atoms with Gasteiger partial charge in [0.15, 0.2) is 0 Å². The van der Waals surface area contributed by atoms with Crippen LogP contribution in [-0.2, 0) is 14.8 Å². The number of nitrogens with one attached hydrogen (secondary N) is 3. The van der Waals surface area contributed by atoms with Gasteiger partial charge in [0.05, 0.1) is 15.8 Å². The summed E-state index contributed by atoms with van der Waals surface area (Å²) in [7, 11) is -4.13. The lowest BCUT2D eigenvalue weighted by molar-refractivity contribution is -0.139. The van der Waals surface area contributed by atoms with Gasteiger partial charge in [-0.05, 0) is 24.6 Å². The number of carboxylic acids is 1. The number of carbonyl (C=O) groups is 1. The van der Waals surface area contributed by atoms with Gasteiger partial charge in [-0.1, -0.05) is 19.8 Å². The fraction of sp³-hybridized carbons (Fsp3) is 0.357. The Labute approximate surface area is 136 Å². The number of H-pyrrole nitrogens is 2. The van der Waals surface area contributed by atoms with Crippen LogP contribution >= 0.6 is 0 Å². The Hall–Kier alpha value is -2.46. The Kier molecular flexibility index (Phi) is 5.20. The van der Waals surface area contributed by atoms with Crippen LogP contribution in [0.2, 0.25) is 0 Å². The molecule has 0 aliphatic carbocycles. The first-order valence-corrected chi connectivity index (χ1v) is 8.74. The Morgan fingerprint density at radius 2 is 2.00 bits per heavy atom. The molecule has 0 radical (unpaired) electrons. The lowest BCUT2D eigenvalue weighted by Gasteiger charge is -2.14. The molecular weight excluding hydrogens is 338 g/mol. The number of aliphatic carboxylic acids is 1. The molecule has 4 N–H and O–H groups in total. The maximum atomic E-state index is 12.4. The van der Waals surface area contributed by atoms with Gasteiger partial charge in [0.25, 0.3) is 5.56 Å². The normalized spacial score (nSPS) is 13.0. The average Bonchev–Trinajstić information content (AvgIpc) is 2.50. The maximum absolute atomic E-state index is 12.4. The van der Waals surface area contributed by atoms with Crippen LogP contribution in [0, 0.1) is 0 Å². The molecule has 9 nitrogen and oxygen atoms in total. The van der Waals surface area contributed by atoms with Crippen LogP contribution in [0.1, 0.15) is 26.2 Å². The minimum atomic E-state index is -4.13. The largest absolute Gasteiger partial charge is 0.480 e. The summed E-state index contributed by atoms with van der Waals surface area (Å²) in [5.74, 6) is -1.27. The van der Waals surface area contributed by atoms with E-state index in [0.717, 1.165) is 12.5 Å². The Morgan fingerprint density at radius 3 is 2.62 bits per heavy atom. The molecule has 1 aromatic carbocycles. The van der Waals surface area contributed by atoms with E-state index in [0.29, 0.717) is 6.42 Å². The number of aromatic amines is 2. The molecule has 0 saturated carbocycles. The molecule has 130 valence electrons. The van der Waals surface area contributed by atoms with Gasteiger partial charge in [0.2, 0.25) is 10.0 Å². The lowest BCUT2D eigenvalue weighted by atomic mass is 10.1. The zero-order chi connectivity index (χ0) is 17.9. The number of fused-ring (bicyclic) bond motifs is 1. The van der Waals surface area contributed by atoms with Crippen molar-refractivity contribution in [3.8, 4) is 0 Å². The number of aromatic nitrogens is 2. The van der Waals surface area contributed by atoms with E-state index in [4.69, 9.17) is 5.11 Å². The topological polar surface area (TPSA) is 149 Å². The first kappa shape index (κ1) is 17.9. The summed E-state index contributed by atoms with van der Waals surface area (Å²) in [6.45, 7) is 1.86. The summed E-state index contributed by atoms with van der Waals surface area (Å²) in [6, 6.07) is 2.31. The Morgan fingerprint density at radius 1 is 1.29 bits per heavy atom. The minimum absolute atomic E-state index is 0.0158. The van der Waals surface area contributed by atoms with Gasteiger partial charge >= 0.3 is 11.7 Å². The van der Waals surface area contributed by atoms with Crippen LogP contribution in [0.3, 0.4) is 0 Å². The molecule has 0 fully saturated rings. The molecule has 10 heteroatoms. The number of carboxylic acid groups (broad SMARTS) is 1. The summed E-state index contributed by atoms with van der Waals surface area (Å²) in [6.07, 6.45) is 1.44. The van der Waals surface area contributed by atoms with E-state index in [1.807, 2.05) is 11.9 Å². The van der Waals surface area contributed by atoms with Crippen molar-refractivity contribution in [2.24, 2.45) is 0 Å². The highest BCUT2D eigenvalue weighted by Crippen LogP contribution is 2.15. The summed E-state index contributed by atoms with van der Waals surface area (Å²) in [4.78, 5) is 38.3. The second-order valence-corrected chi connectivity index (χ2v) is 6.98. The monoisotopic (exact) mass is 355 g/mol. The highest BCUT2D eigenvalue weighted by atomic mass is 32.2. The summed E-state index contributed by atoms with van der Waals surface area (Å²) >= 11 is 0. The molecule has 0 aliphatic rings. The molecule has 1 unspecified atom stereocenters. The van der Waals surface area contributed by atoms with E-state index >= 15 is 0 Å². The molecule has 1 atom stereocenters. The fourth-order valence-corrected chi connectivity index (χ4v) is 3.46. The molecule has 0 aliphatic heterocycles. The molecule has 0 saturated heterocycles. The first-order valence-electron chi connectivity index (χ1n) is 7.26. The molecule has 0 bridgehead atoms. The average molecular weight is 355 g/mol. The molecule has 24 heavy (non-hydrogen) atoms. The third-order valence-electron chi connectivity index (χ3n) is 3.46. The molecule has 1 heterocycles. The van der Waals surface area contributed by atoms with Gasteiger partial charge < -0.3 is 10.1 Å². The van der Waals surface area contributed by atoms with Crippen molar-refractivity contribution in [2.75, 3.05) is 0 Å². The van der Waals surface area contributed by atoms with Crippen LogP contribution in [0.5, 0.6) is 0 Å². The van der Waals surface area contributed by atoms with Gasteiger partial charge in [-0.2, -0.15) is 4.72 Å². The third-order valence-corrected chi connectivity index (χ3v) is 4.93. The zero-order valence-electron chi connectivity index (χ0n) is 12.8. The number of benzene rings is 1. The maximum Gasteiger partial charge on any atom is 0.326 e. The molecule has 2 aromatic rings. The fourth-order valence-electron chi connectivity index (χ4n) is 2.21. The van der Waals surface area contributed by atoms with Crippen LogP contribution < -0.4 is 16.0 Å². The predicted molar refractivity (Wildman–Crippen MR) is 86.5 cm³/mol. The SMILES string of the molecule is CCCCC(NS(=O)(=O)c1ccc2[nH]c(=O)[nH]c(=O)c2c1)C(=O)O. The Bertz CT molecular complexity index is 976. The van der Waals surface area contributed by atoms with Gasteiger partial charge in [-0.25, -0.2) is 13.2 Å². The molecule has 2 rings (SSSR count). The van der Waals surface area contributed by atoms with Crippen LogP contribution in [0.25, 0.3) is 10.9 Å². The quantitative estimate of drug-likeness (QED) is 0.555. The van der Waals surface area contributed by atoms with E-state index in [1.165, 1.54) is 12.1 Å². The second-order valence-electron chi connectivity index (χ2n) is 5.27. The van der Waals surface area contributed by atoms with Gasteiger partial charge in [-0.3, -0.25) is 14.6 Å². The van der Waals surface area contributed by atoms with Crippen molar-refractivity contribution in [2.45, 2.75) is 37.1 Å².